The van der Waals surface area contributed by atoms with E-state index in [-0.39, 0.29) is 30.4 Å². The fourth-order valence-corrected chi connectivity index (χ4v) is 4.01. The standard InChI is InChI=1S/C20H29N5O3/c1-4-23(16-8-6-5-7-9-16)11-10-21-18(26)14-24-13-17-12-22(3)19(27)15(2)25(17)20(24)28/h5-9,15,17H,4,10-14H2,1-3H3,(H,21,26)/t15-,17+/m0/s1. The van der Waals surface area contributed by atoms with E-state index in [1.807, 2.05) is 30.3 Å². The average Bonchev–Trinajstić information content (AvgIpc) is 2.99. The van der Waals surface area contributed by atoms with Crippen molar-refractivity contribution in [3.63, 3.8) is 0 Å². The van der Waals surface area contributed by atoms with Crippen molar-refractivity contribution < 1.29 is 14.4 Å². The predicted molar refractivity (Wildman–Crippen MR) is 107 cm³/mol. The Labute approximate surface area is 166 Å². The zero-order valence-corrected chi connectivity index (χ0v) is 16.8. The first-order valence-electron chi connectivity index (χ1n) is 9.81. The van der Waals surface area contributed by atoms with Gasteiger partial charge in [-0.15, -0.1) is 0 Å². The van der Waals surface area contributed by atoms with Crippen molar-refractivity contribution in [1.29, 1.82) is 0 Å². The second-order valence-corrected chi connectivity index (χ2v) is 7.38. The third kappa shape index (κ3) is 4.05. The van der Waals surface area contributed by atoms with Gasteiger partial charge in [-0.05, 0) is 26.0 Å². The molecule has 0 aromatic heterocycles. The van der Waals surface area contributed by atoms with Gasteiger partial charge in [0.1, 0.15) is 12.6 Å². The maximum atomic E-state index is 12.6. The molecular formula is C20H29N5O3. The molecule has 2 aliphatic heterocycles. The number of hydrogen-bond donors (Lipinski definition) is 1. The number of hydrogen-bond acceptors (Lipinski definition) is 4. The number of likely N-dealkylation sites (N-methyl/N-ethyl adjacent to an activating group) is 2. The topological polar surface area (TPSA) is 76.2 Å². The van der Waals surface area contributed by atoms with Gasteiger partial charge in [-0.3, -0.25) is 9.59 Å². The highest BCUT2D eigenvalue weighted by Gasteiger charge is 2.47. The SMILES string of the molecule is CCN(CCNC(=O)CN1C[C@H]2CN(C)C(=O)[C@H](C)N2C1=O)c1ccccc1. The Morgan fingerprint density at radius 1 is 1.21 bits per heavy atom. The second-order valence-electron chi connectivity index (χ2n) is 7.38. The van der Waals surface area contributed by atoms with E-state index in [0.29, 0.717) is 26.2 Å². The first-order chi connectivity index (χ1) is 13.4. The van der Waals surface area contributed by atoms with Gasteiger partial charge in [-0.1, -0.05) is 18.2 Å². The Balaban J connectivity index is 1.49. The lowest BCUT2D eigenvalue weighted by Crippen LogP contribution is -2.58. The fourth-order valence-electron chi connectivity index (χ4n) is 4.01. The van der Waals surface area contributed by atoms with Gasteiger partial charge in [-0.25, -0.2) is 4.79 Å². The molecule has 2 heterocycles. The van der Waals surface area contributed by atoms with E-state index in [9.17, 15) is 14.4 Å². The molecule has 3 rings (SSSR count). The first-order valence-corrected chi connectivity index (χ1v) is 9.81. The highest BCUT2D eigenvalue weighted by Crippen LogP contribution is 2.24. The fraction of sp³-hybridized carbons (Fsp3) is 0.550. The number of benzene rings is 1. The van der Waals surface area contributed by atoms with Gasteiger partial charge in [0, 0.05) is 45.5 Å². The lowest BCUT2D eigenvalue weighted by Gasteiger charge is -2.38. The van der Waals surface area contributed by atoms with Gasteiger partial charge in [0.25, 0.3) is 0 Å². The molecule has 28 heavy (non-hydrogen) atoms. The highest BCUT2D eigenvalue weighted by molar-refractivity contribution is 5.91. The maximum absolute atomic E-state index is 12.6. The van der Waals surface area contributed by atoms with Crippen LogP contribution < -0.4 is 10.2 Å². The second kappa shape index (κ2) is 8.50. The summed E-state index contributed by atoms with van der Waals surface area (Å²) in [5.74, 6) is -0.235. The van der Waals surface area contributed by atoms with Crippen LogP contribution in [0.2, 0.25) is 0 Å². The lowest BCUT2D eigenvalue weighted by atomic mass is 10.1. The molecule has 0 aliphatic carbocycles. The predicted octanol–water partition coefficient (Wildman–Crippen LogP) is 0.596. The number of para-hydroxylation sites is 1. The third-order valence-electron chi connectivity index (χ3n) is 5.49. The molecule has 2 aliphatic rings. The number of nitrogens with one attached hydrogen (secondary N) is 1. The van der Waals surface area contributed by atoms with Crippen molar-refractivity contribution in [2.45, 2.75) is 25.9 Å². The van der Waals surface area contributed by atoms with E-state index < -0.39 is 6.04 Å². The molecule has 0 saturated carbocycles. The summed E-state index contributed by atoms with van der Waals surface area (Å²) in [5.41, 5.74) is 1.12. The van der Waals surface area contributed by atoms with Gasteiger partial charge in [0.05, 0.1) is 6.04 Å². The Hall–Kier alpha value is -2.77. The summed E-state index contributed by atoms with van der Waals surface area (Å²) in [7, 11) is 1.75. The molecule has 2 fully saturated rings. The van der Waals surface area contributed by atoms with Crippen molar-refractivity contribution in [2.75, 3.05) is 51.2 Å². The van der Waals surface area contributed by atoms with Crippen LogP contribution in [0.3, 0.4) is 0 Å². The first kappa shape index (κ1) is 20.0. The van der Waals surface area contributed by atoms with Crippen LogP contribution in [-0.4, -0.2) is 90.9 Å². The molecule has 8 nitrogen and oxygen atoms in total. The minimum absolute atomic E-state index is 0.0217. The quantitative estimate of drug-likeness (QED) is 0.743. The van der Waals surface area contributed by atoms with Crippen LogP contribution >= 0.6 is 0 Å². The zero-order valence-electron chi connectivity index (χ0n) is 16.8. The zero-order chi connectivity index (χ0) is 20.3. The van der Waals surface area contributed by atoms with Crippen LogP contribution in [0.15, 0.2) is 30.3 Å². The molecule has 1 aromatic rings. The van der Waals surface area contributed by atoms with Crippen LogP contribution in [0.25, 0.3) is 0 Å². The summed E-state index contributed by atoms with van der Waals surface area (Å²) in [5, 5.41) is 2.90. The number of rotatable bonds is 7. The number of carbonyl (C=O) groups excluding carboxylic acids is 3. The van der Waals surface area contributed by atoms with Crippen molar-refractivity contribution in [3.05, 3.63) is 30.3 Å². The molecule has 2 atom stereocenters. The van der Waals surface area contributed by atoms with Crippen molar-refractivity contribution in [3.8, 4) is 0 Å². The normalized spacial score (nSPS) is 21.8. The Morgan fingerprint density at radius 2 is 1.93 bits per heavy atom. The highest BCUT2D eigenvalue weighted by atomic mass is 16.2. The van der Waals surface area contributed by atoms with Crippen LogP contribution in [0.1, 0.15) is 13.8 Å². The van der Waals surface area contributed by atoms with Gasteiger partial charge >= 0.3 is 6.03 Å². The number of nitrogens with zero attached hydrogens (tertiary/aromatic N) is 4. The maximum Gasteiger partial charge on any atom is 0.321 e. The summed E-state index contributed by atoms with van der Waals surface area (Å²) >= 11 is 0. The summed E-state index contributed by atoms with van der Waals surface area (Å²) < 4.78 is 0. The molecule has 0 unspecified atom stereocenters. The smallest absolute Gasteiger partial charge is 0.321 e. The Bertz CT molecular complexity index is 726. The molecule has 0 radical (unpaired) electrons. The van der Waals surface area contributed by atoms with Crippen molar-refractivity contribution >= 4 is 23.5 Å². The van der Waals surface area contributed by atoms with Gasteiger partial charge in [-0.2, -0.15) is 0 Å². The number of piperazine rings is 1. The number of amides is 4. The van der Waals surface area contributed by atoms with Crippen LogP contribution in [-0.2, 0) is 9.59 Å². The van der Waals surface area contributed by atoms with E-state index in [4.69, 9.17) is 0 Å². The molecule has 4 amide bonds. The van der Waals surface area contributed by atoms with E-state index in [1.165, 1.54) is 4.90 Å². The molecule has 1 N–H and O–H groups in total. The molecule has 0 bridgehead atoms. The van der Waals surface area contributed by atoms with E-state index in [0.717, 1.165) is 12.2 Å². The number of fused-ring (bicyclic) bond motifs is 1. The van der Waals surface area contributed by atoms with E-state index in [1.54, 1.807) is 23.8 Å². The molecular weight excluding hydrogens is 358 g/mol. The molecule has 152 valence electrons. The Morgan fingerprint density at radius 3 is 2.61 bits per heavy atom. The summed E-state index contributed by atoms with van der Waals surface area (Å²) in [6.45, 7) is 6.88. The van der Waals surface area contributed by atoms with Crippen LogP contribution in [0, 0.1) is 0 Å². The molecule has 8 heteroatoms. The summed E-state index contributed by atoms with van der Waals surface area (Å²) in [4.78, 5) is 44.1. The van der Waals surface area contributed by atoms with Gasteiger partial charge in [0.2, 0.25) is 11.8 Å². The van der Waals surface area contributed by atoms with Crippen LogP contribution in [0.4, 0.5) is 10.5 Å². The summed E-state index contributed by atoms with van der Waals surface area (Å²) in [6, 6.07) is 9.30. The molecule has 1 aromatic carbocycles. The number of anilines is 1. The molecule has 2 saturated heterocycles. The number of carbonyl (C=O) groups is 3. The van der Waals surface area contributed by atoms with Gasteiger partial charge < -0.3 is 24.9 Å². The average molecular weight is 387 g/mol. The molecule has 0 spiro atoms. The van der Waals surface area contributed by atoms with E-state index >= 15 is 0 Å². The lowest BCUT2D eigenvalue weighted by molar-refractivity contribution is -0.139. The largest absolute Gasteiger partial charge is 0.370 e. The number of urea groups is 1. The minimum atomic E-state index is -0.478. The van der Waals surface area contributed by atoms with E-state index in [2.05, 4.69) is 17.1 Å². The van der Waals surface area contributed by atoms with Crippen LogP contribution in [0.5, 0.6) is 0 Å². The third-order valence-corrected chi connectivity index (χ3v) is 5.49. The minimum Gasteiger partial charge on any atom is -0.370 e. The monoisotopic (exact) mass is 387 g/mol. The van der Waals surface area contributed by atoms with Crippen molar-refractivity contribution in [2.24, 2.45) is 0 Å². The van der Waals surface area contributed by atoms with Gasteiger partial charge in [0.15, 0.2) is 0 Å². The van der Waals surface area contributed by atoms with Crippen molar-refractivity contribution in [1.82, 2.24) is 20.0 Å². The summed E-state index contributed by atoms with van der Waals surface area (Å²) in [6.07, 6.45) is 0. The Kier molecular flexibility index (Phi) is 6.06.